The number of nitro groups is 1. The van der Waals surface area contributed by atoms with Crippen molar-refractivity contribution in [2.24, 2.45) is 0 Å². The Balaban J connectivity index is 2.95. The number of nitro benzene ring substituents is 1. The van der Waals surface area contributed by atoms with Crippen LogP contribution in [0.1, 0.15) is 12.5 Å². The Labute approximate surface area is 107 Å². The standard InChI is InChI=1S/C11H13N3O3S/c1-8(18(2)17)7-13-10-5-9(6-12)3-4-11(10)14(15)16/h3-5,8,13H,7H2,1-2H3. The third-order valence-electron chi connectivity index (χ3n) is 2.47. The van der Waals surface area contributed by atoms with Gasteiger partial charge in [0.25, 0.3) is 5.69 Å². The Morgan fingerprint density at radius 1 is 1.61 bits per heavy atom. The van der Waals surface area contributed by atoms with Crippen LogP contribution >= 0.6 is 0 Å². The molecule has 0 heterocycles. The van der Waals surface area contributed by atoms with Gasteiger partial charge in [-0.1, -0.05) is 0 Å². The maximum Gasteiger partial charge on any atom is 0.292 e. The van der Waals surface area contributed by atoms with Crippen LogP contribution in [0, 0.1) is 21.4 Å². The largest absolute Gasteiger partial charge is 0.378 e. The molecule has 0 amide bonds. The van der Waals surface area contributed by atoms with Crippen LogP contribution in [0.4, 0.5) is 11.4 Å². The molecule has 0 saturated heterocycles. The number of hydrogen-bond acceptors (Lipinski definition) is 5. The highest BCUT2D eigenvalue weighted by atomic mass is 32.2. The Kier molecular flexibility index (Phi) is 4.80. The fourth-order valence-electron chi connectivity index (χ4n) is 1.28. The third-order valence-corrected chi connectivity index (χ3v) is 3.77. The fourth-order valence-corrected chi connectivity index (χ4v) is 1.60. The third kappa shape index (κ3) is 3.53. The van der Waals surface area contributed by atoms with Crippen LogP contribution in [0.25, 0.3) is 0 Å². The fraction of sp³-hybridized carbons (Fsp3) is 0.364. The van der Waals surface area contributed by atoms with Crippen molar-refractivity contribution in [3.63, 3.8) is 0 Å². The zero-order valence-electron chi connectivity index (χ0n) is 10.0. The van der Waals surface area contributed by atoms with Crippen LogP contribution in [-0.2, 0) is 10.8 Å². The molecule has 0 bridgehead atoms. The quantitative estimate of drug-likeness (QED) is 0.646. The van der Waals surface area contributed by atoms with Gasteiger partial charge in [-0.2, -0.15) is 5.26 Å². The van der Waals surface area contributed by atoms with Crippen LogP contribution in [0.15, 0.2) is 18.2 Å². The molecule has 0 aliphatic carbocycles. The molecule has 0 aromatic heterocycles. The van der Waals surface area contributed by atoms with E-state index in [4.69, 9.17) is 5.26 Å². The van der Waals surface area contributed by atoms with E-state index < -0.39 is 15.7 Å². The molecule has 0 aliphatic rings. The van der Waals surface area contributed by atoms with Gasteiger partial charge in [0.05, 0.1) is 16.6 Å². The maximum absolute atomic E-state index is 11.2. The molecule has 1 aromatic carbocycles. The van der Waals surface area contributed by atoms with Crippen molar-refractivity contribution in [3.8, 4) is 6.07 Å². The maximum atomic E-state index is 11.2. The molecule has 7 heteroatoms. The van der Waals surface area contributed by atoms with Crippen LogP contribution in [0.3, 0.4) is 0 Å². The second kappa shape index (κ2) is 6.12. The van der Waals surface area contributed by atoms with Gasteiger partial charge in [-0.15, -0.1) is 0 Å². The van der Waals surface area contributed by atoms with Crippen molar-refractivity contribution in [3.05, 3.63) is 33.9 Å². The minimum absolute atomic E-state index is 0.0944. The van der Waals surface area contributed by atoms with Crippen molar-refractivity contribution in [1.29, 1.82) is 5.26 Å². The molecule has 2 unspecified atom stereocenters. The van der Waals surface area contributed by atoms with Crippen LogP contribution < -0.4 is 5.32 Å². The van der Waals surface area contributed by atoms with E-state index in [-0.39, 0.29) is 16.6 Å². The topological polar surface area (TPSA) is 96.0 Å². The van der Waals surface area contributed by atoms with E-state index >= 15 is 0 Å². The molecule has 96 valence electrons. The highest BCUT2D eigenvalue weighted by Gasteiger charge is 2.15. The lowest BCUT2D eigenvalue weighted by Gasteiger charge is -2.11. The number of rotatable bonds is 5. The number of nitrogens with one attached hydrogen (secondary N) is 1. The highest BCUT2D eigenvalue weighted by molar-refractivity contribution is 7.84. The Morgan fingerprint density at radius 2 is 2.28 bits per heavy atom. The van der Waals surface area contributed by atoms with Crippen molar-refractivity contribution >= 4 is 22.2 Å². The lowest BCUT2D eigenvalue weighted by Crippen LogP contribution is -2.21. The number of anilines is 1. The van der Waals surface area contributed by atoms with E-state index in [9.17, 15) is 14.3 Å². The van der Waals surface area contributed by atoms with E-state index in [0.717, 1.165) is 0 Å². The first-order chi connectivity index (χ1) is 8.45. The second-order valence-electron chi connectivity index (χ2n) is 3.79. The minimum atomic E-state index is -1.01. The lowest BCUT2D eigenvalue weighted by atomic mass is 10.2. The van der Waals surface area contributed by atoms with Gasteiger partial charge in [0, 0.05) is 34.9 Å². The Morgan fingerprint density at radius 3 is 2.78 bits per heavy atom. The van der Waals surface area contributed by atoms with Crippen molar-refractivity contribution in [2.75, 3.05) is 18.1 Å². The number of benzene rings is 1. The van der Waals surface area contributed by atoms with Gasteiger partial charge in [-0.3, -0.25) is 14.3 Å². The molecule has 6 nitrogen and oxygen atoms in total. The Bertz CT molecular complexity index is 525. The molecule has 18 heavy (non-hydrogen) atoms. The van der Waals surface area contributed by atoms with Crippen LogP contribution in [0.2, 0.25) is 0 Å². The van der Waals surface area contributed by atoms with Gasteiger partial charge in [0.15, 0.2) is 0 Å². The van der Waals surface area contributed by atoms with Gasteiger partial charge in [-0.05, 0) is 19.1 Å². The first kappa shape index (κ1) is 14.1. The summed E-state index contributed by atoms with van der Waals surface area (Å²) in [5, 5.41) is 22.3. The first-order valence-corrected chi connectivity index (χ1v) is 6.82. The van der Waals surface area contributed by atoms with E-state index in [1.165, 1.54) is 18.2 Å². The van der Waals surface area contributed by atoms with E-state index in [1.807, 2.05) is 6.07 Å². The zero-order chi connectivity index (χ0) is 13.7. The smallest absolute Gasteiger partial charge is 0.292 e. The van der Waals surface area contributed by atoms with Gasteiger partial charge < -0.3 is 5.32 Å². The zero-order valence-corrected chi connectivity index (χ0v) is 10.9. The molecule has 1 rings (SSSR count). The normalized spacial score (nSPS) is 13.4. The van der Waals surface area contributed by atoms with Crippen LogP contribution in [-0.4, -0.2) is 27.2 Å². The van der Waals surface area contributed by atoms with Crippen LogP contribution in [0.5, 0.6) is 0 Å². The molecule has 1 aromatic rings. The van der Waals surface area contributed by atoms with Gasteiger partial charge >= 0.3 is 0 Å². The number of hydrogen-bond donors (Lipinski definition) is 1. The molecule has 0 radical (unpaired) electrons. The summed E-state index contributed by atoms with van der Waals surface area (Å²) in [5.74, 6) is 0. The van der Waals surface area contributed by atoms with Crippen molar-refractivity contribution in [1.82, 2.24) is 0 Å². The molecular weight excluding hydrogens is 254 g/mol. The molecule has 0 fully saturated rings. The molecule has 0 spiro atoms. The predicted molar refractivity (Wildman–Crippen MR) is 69.8 cm³/mol. The number of nitrogens with zero attached hydrogens (tertiary/aromatic N) is 2. The molecule has 2 atom stereocenters. The molecular formula is C11H13N3O3S. The van der Waals surface area contributed by atoms with Gasteiger partial charge in [0.2, 0.25) is 0 Å². The van der Waals surface area contributed by atoms with E-state index in [1.54, 1.807) is 13.2 Å². The second-order valence-corrected chi connectivity index (χ2v) is 5.59. The summed E-state index contributed by atoms with van der Waals surface area (Å²) in [6.07, 6.45) is 1.58. The van der Waals surface area contributed by atoms with E-state index in [0.29, 0.717) is 12.1 Å². The molecule has 1 N–H and O–H groups in total. The lowest BCUT2D eigenvalue weighted by molar-refractivity contribution is -0.384. The van der Waals surface area contributed by atoms with Crippen molar-refractivity contribution < 1.29 is 9.13 Å². The first-order valence-electron chi connectivity index (χ1n) is 5.20. The summed E-state index contributed by atoms with van der Waals surface area (Å²) >= 11 is 0. The minimum Gasteiger partial charge on any atom is -0.378 e. The predicted octanol–water partition coefficient (Wildman–Crippen LogP) is 1.65. The summed E-state index contributed by atoms with van der Waals surface area (Å²) < 4.78 is 11.2. The SMILES string of the molecule is CC(CNc1cc(C#N)ccc1[N+](=O)[O-])S(C)=O. The molecule has 0 saturated carbocycles. The van der Waals surface area contributed by atoms with Gasteiger partial charge in [-0.25, -0.2) is 0 Å². The van der Waals surface area contributed by atoms with E-state index in [2.05, 4.69) is 5.32 Å². The molecule has 0 aliphatic heterocycles. The summed E-state index contributed by atoms with van der Waals surface area (Å²) in [7, 11) is -1.01. The Hall–Kier alpha value is -1.94. The highest BCUT2D eigenvalue weighted by Crippen LogP contribution is 2.25. The summed E-state index contributed by atoms with van der Waals surface area (Å²) in [4.78, 5) is 10.3. The number of nitriles is 1. The summed E-state index contributed by atoms with van der Waals surface area (Å²) in [6, 6.07) is 6.02. The summed E-state index contributed by atoms with van der Waals surface area (Å²) in [5.41, 5.74) is 0.521. The average Bonchev–Trinajstić information content (AvgIpc) is 2.34. The summed E-state index contributed by atoms with van der Waals surface area (Å²) in [6.45, 7) is 2.13. The van der Waals surface area contributed by atoms with Crippen molar-refractivity contribution in [2.45, 2.75) is 12.2 Å². The monoisotopic (exact) mass is 267 g/mol. The van der Waals surface area contributed by atoms with Gasteiger partial charge in [0.1, 0.15) is 5.69 Å². The average molecular weight is 267 g/mol.